The normalized spacial score (nSPS) is 17.2. The van der Waals surface area contributed by atoms with Crippen molar-refractivity contribution in [2.75, 3.05) is 20.6 Å². The van der Waals surface area contributed by atoms with Crippen LogP contribution in [0.1, 0.15) is 31.2 Å². The van der Waals surface area contributed by atoms with Crippen molar-refractivity contribution in [1.29, 1.82) is 0 Å². The minimum Gasteiger partial charge on any atom is -0.311 e. The molecule has 2 N–H and O–H groups in total. The maximum Gasteiger partial charge on any atom is 0.0710 e. The number of aromatic nitrogens is 3. The minimum atomic E-state index is 0.318. The highest BCUT2D eigenvalue weighted by molar-refractivity contribution is 5.61. The van der Waals surface area contributed by atoms with E-state index in [9.17, 15) is 0 Å². The maximum absolute atomic E-state index is 4.20. The van der Waals surface area contributed by atoms with Gasteiger partial charge in [-0.25, -0.2) is 0 Å². The van der Waals surface area contributed by atoms with E-state index in [2.05, 4.69) is 45.6 Å². The van der Waals surface area contributed by atoms with Gasteiger partial charge in [-0.1, -0.05) is 12.8 Å². The van der Waals surface area contributed by atoms with Crippen molar-refractivity contribution in [2.24, 2.45) is 0 Å². The average molecular weight is 299 g/mol. The fourth-order valence-corrected chi connectivity index (χ4v) is 3.45. The summed E-state index contributed by atoms with van der Waals surface area (Å²) in [6.07, 6.45) is 10.8. The van der Waals surface area contributed by atoms with Crippen molar-refractivity contribution in [3.05, 3.63) is 36.3 Å². The van der Waals surface area contributed by atoms with E-state index in [0.29, 0.717) is 5.54 Å². The Bertz CT molecular complexity index is 584. The molecule has 0 atom stereocenters. The third-order valence-electron chi connectivity index (χ3n) is 4.92. The van der Waals surface area contributed by atoms with E-state index in [0.717, 1.165) is 24.3 Å². The summed E-state index contributed by atoms with van der Waals surface area (Å²) in [5, 5.41) is 10.9. The molecule has 0 aromatic carbocycles. The monoisotopic (exact) mass is 299 g/mol. The molecule has 3 rings (SSSR count). The number of nitrogens with zero attached hydrogens (tertiary/aromatic N) is 3. The lowest BCUT2D eigenvalue weighted by Crippen LogP contribution is -2.49. The second kappa shape index (κ2) is 6.58. The SMILES string of the molecule is CN(C)C1(CNCc2cn[nH]c2-c2cccnc2)CCCC1. The first-order valence-electron chi connectivity index (χ1n) is 8.02. The lowest BCUT2D eigenvalue weighted by molar-refractivity contribution is 0.153. The van der Waals surface area contributed by atoms with Crippen molar-refractivity contribution in [1.82, 2.24) is 25.4 Å². The smallest absolute Gasteiger partial charge is 0.0710 e. The molecule has 2 heterocycles. The summed E-state index contributed by atoms with van der Waals surface area (Å²) < 4.78 is 0. The van der Waals surface area contributed by atoms with Crippen LogP contribution < -0.4 is 5.32 Å². The molecule has 1 aliphatic carbocycles. The van der Waals surface area contributed by atoms with Crippen LogP contribution in [0, 0.1) is 0 Å². The molecule has 0 saturated heterocycles. The minimum absolute atomic E-state index is 0.318. The molecule has 0 aliphatic heterocycles. The number of rotatable bonds is 6. The average Bonchev–Trinajstić information content (AvgIpc) is 3.18. The van der Waals surface area contributed by atoms with Gasteiger partial charge in [-0.15, -0.1) is 0 Å². The predicted molar refractivity (Wildman–Crippen MR) is 88.4 cm³/mol. The molecule has 2 aromatic rings. The number of pyridine rings is 1. The van der Waals surface area contributed by atoms with Crippen molar-refractivity contribution in [3.63, 3.8) is 0 Å². The Morgan fingerprint density at radius 2 is 2.09 bits per heavy atom. The zero-order valence-corrected chi connectivity index (χ0v) is 13.5. The van der Waals surface area contributed by atoms with Crippen LogP contribution >= 0.6 is 0 Å². The van der Waals surface area contributed by atoms with Crippen molar-refractivity contribution < 1.29 is 0 Å². The second-order valence-corrected chi connectivity index (χ2v) is 6.44. The van der Waals surface area contributed by atoms with Crippen LogP contribution in [0.2, 0.25) is 0 Å². The van der Waals surface area contributed by atoms with E-state index in [1.165, 1.54) is 31.2 Å². The van der Waals surface area contributed by atoms with Crippen molar-refractivity contribution in [2.45, 2.75) is 37.8 Å². The molecule has 0 unspecified atom stereocenters. The molecule has 1 saturated carbocycles. The Balaban J connectivity index is 1.64. The van der Waals surface area contributed by atoms with E-state index in [4.69, 9.17) is 0 Å². The summed E-state index contributed by atoms with van der Waals surface area (Å²) >= 11 is 0. The van der Waals surface area contributed by atoms with E-state index in [-0.39, 0.29) is 0 Å². The van der Waals surface area contributed by atoms with Gasteiger partial charge in [0.15, 0.2) is 0 Å². The highest BCUT2D eigenvalue weighted by Gasteiger charge is 2.35. The van der Waals surface area contributed by atoms with E-state index >= 15 is 0 Å². The van der Waals surface area contributed by atoms with Gasteiger partial charge in [0.1, 0.15) is 0 Å². The molecule has 1 fully saturated rings. The fraction of sp³-hybridized carbons (Fsp3) is 0.529. The van der Waals surface area contributed by atoms with Gasteiger partial charge in [0.05, 0.1) is 11.9 Å². The van der Waals surface area contributed by atoms with Crippen molar-refractivity contribution >= 4 is 0 Å². The van der Waals surface area contributed by atoms with E-state index < -0.39 is 0 Å². The van der Waals surface area contributed by atoms with Crippen LogP contribution in [0.5, 0.6) is 0 Å². The highest BCUT2D eigenvalue weighted by Crippen LogP contribution is 2.33. The molecule has 1 aliphatic rings. The summed E-state index contributed by atoms with van der Waals surface area (Å²) in [4.78, 5) is 6.58. The first-order chi connectivity index (χ1) is 10.7. The number of H-pyrrole nitrogens is 1. The quantitative estimate of drug-likeness (QED) is 0.860. The topological polar surface area (TPSA) is 56.8 Å². The summed E-state index contributed by atoms with van der Waals surface area (Å²) in [6, 6.07) is 4.01. The predicted octanol–water partition coefficient (Wildman–Crippen LogP) is 2.44. The van der Waals surface area contributed by atoms with Gasteiger partial charge in [0.2, 0.25) is 0 Å². The molecule has 118 valence electrons. The molecular formula is C17H25N5. The first kappa shape index (κ1) is 15.2. The van der Waals surface area contributed by atoms with Crippen LogP contribution in [0.4, 0.5) is 0 Å². The Labute approximate surface area is 132 Å². The van der Waals surface area contributed by atoms with Gasteiger partial charge in [-0.05, 0) is 39.1 Å². The van der Waals surface area contributed by atoms with Crippen LogP contribution in [0.3, 0.4) is 0 Å². The molecule has 5 nitrogen and oxygen atoms in total. The molecule has 5 heteroatoms. The Morgan fingerprint density at radius 3 is 2.77 bits per heavy atom. The van der Waals surface area contributed by atoms with Crippen LogP contribution in [0.25, 0.3) is 11.3 Å². The maximum atomic E-state index is 4.20. The summed E-state index contributed by atoms with van der Waals surface area (Å²) in [7, 11) is 4.40. The molecule has 0 bridgehead atoms. The van der Waals surface area contributed by atoms with Crippen LogP contribution in [-0.4, -0.2) is 46.3 Å². The van der Waals surface area contributed by atoms with Crippen LogP contribution in [0.15, 0.2) is 30.7 Å². The molecule has 0 amide bonds. The third kappa shape index (κ3) is 3.05. The number of likely N-dealkylation sites (N-methyl/N-ethyl adjacent to an activating group) is 1. The van der Waals surface area contributed by atoms with E-state index in [1.54, 1.807) is 6.20 Å². The Morgan fingerprint density at radius 1 is 1.27 bits per heavy atom. The number of hydrogen-bond acceptors (Lipinski definition) is 4. The zero-order chi connectivity index (χ0) is 15.4. The van der Waals surface area contributed by atoms with E-state index in [1.807, 2.05) is 18.5 Å². The number of hydrogen-bond donors (Lipinski definition) is 2. The van der Waals surface area contributed by atoms with Crippen LogP contribution in [-0.2, 0) is 6.54 Å². The zero-order valence-electron chi connectivity index (χ0n) is 13.5. The molecular weight excluding hydrogens is 274 g/mol. The number of nitrogens with one attached hydrogen (secondary N) is 2. The Hall–Kier alpha value is -1.72. The third-order valence-corrected chi connectivity index (χ3v) is 4.92. The van der Waals surface area contributed by atoms with Gasteiger partial charge in [-0.3, -0.25) is 10.1 Å². The largest absolute Gasteiger partial charge is 0.311 e. The summed E-state index contributed by atoms with van der Waals surface area (Å²) in [5.41, 5.74) is 3.66. The molecule has 2 aromatic heterocycles. The summed E-state index contributed by atoms with van der Waals surface area (Å²) in [5.74, 6) is 0. The van der Waals surface area contributed by atoms with Gasteiger partial charge in [0.25, 0.3) is 0 Å². The second-order valence-electron chi connectivity index (χ2n) is 6.44. The lowest BCUT2D eigenvalue weighted by atomic mass is 9.96. The molecule has 22 heavy (non-hydrogen) atoms. The Kier molecular flexibility index (Phi) is 4.55. The van der Waals surface area contributed by atoms with Gasteiger partial charge in [0, 0.05) is 42.1 Å². The highest BCUT2D eigenvalue weighted by atomic mass is 15.2. The molecule has 0 radical (unpaired) electrons. The summed E-state index contributed by atoms with van der Waals surface area (Å²) in [6.45, 7) is 1.86. The van der Waals surface area contributed by atoms with Gasteiger partial charge < -0.3 is 10.2 Å². The first-order valence-corrected chi connectivity index (χ1v) is 8.02. The van der Waals surface area contributed by atoms with Crippen molar-refractivity contribution in [3.8, 4) is 11.3 Å². The standard InChI is InChI=1S/C17H25N5/c1-22(2)17(7-3-4-8-17)13-19-11-15-12-20-21-16(15)14-6-5-9-18-10-14/h5-6,9-10,12,19H,3-4,7-8,11,13H2,1-2H3,(H,20,21). The van der Waals surface area contributed by atoms with Gasteiger partial charge in [-0.2, -0.15) is 5.10 Å². The lowest BCUT2D eigenvalue weighted by Gasteiger charge is -2.36. The van der Waals surface area contributed by atoms with Gasteiger partial charge >= 0.3 is 0 Å². The molecule has 0 spiro atoms. The fourth-order valence-electron chi connectivity index (χ4n) is 3.45. The number of aromatic amines is 1.